The number of nitrogens with zero attached hydrogens (tertiary/aromatic N) is 3. The van der Waals surface area contributed by atoms with E-state index in [1.54, 1.807) is 17.3 Å². The van der Waals surface area contributed by atoms with Crippen LogP contribution in [0.5, 0.6) is 0 Å². The minimum atomic E-state index is -0.535. The van der Waals surface area contributed by atoms with E-state index < -0.39 is 11.8 Å². The van der Waals surface area contributed by atoms with E-state index >= 15 is 0 Å². The second kappa shape index (κ2) is 7.00. The molecule has 0 bridgehead atoms. The molecule has 0 atom stereocenters. The van der Waals surface area contributed by atoms with Gasteiger partial charge in [0, 0.05) is 45.1 Å². The molecule has 0 aromatic carbocycles. The number of likely N-dealkylation sites (N-methyl/N-ethyl adjacent to an activating group) is 1. The molecule has 20 heavy (non-hydrogen) atoms. The van der Waals surface area contributed by atoms with Gasteiger partial charge in [0.2, 0.25) is 0 Å². The average molecular weight is 276 g/mol. The SMILES string of the molecule is CCN1CCN(C(=O)C(=O)NCc2ccncc2)CC1. The largest absolute Gasteiger partial charge is 0.344 e. The number of pyridine rings is 1. The number of amides is 2. The fraction of sp³-hybridized carbons (Fsp3) is 0.500. The van der Waals surface area contributed by atoms with Gasteiger partial charge in [0.25, 0.3) is 0 Å². The van der Waals surface area contributed by atoms with Gasteiger partial charge in [-0.15, -0.1) is 0 Å². The Morgan fingerprint density at radius 3 is 2.45 bits per heavy atom. The van der Waals surface area contributed by atoms with Crippen LogP contribution in [-0.2, 0) is 16.1 Å². The van der Waals surface area contributed by atoms with Crippen molar-refractivity contribution in [3.63, 3.8) is 0 Å². The number of carbonyl (C=O) groups is 2. The van der Waals surface area contributed by atoms with Crippen molar-refractivity contribution >= 4 is 11.8 Å². The van der Waals surface area contributed by atoms with Crippen molar-refractivity contribution < 1.29 is 9.59 Å². The van der Waals surface area contributed by atoms with Crippen molar-refractivity contribution in [2.45, 2.75) is 13.5 Å². The first kappa shape index (κ1) is 14.5. The quantitative estimate of drug-likeness (QED) is 0.781. The first-order valence-electron chi connectivity index (χ1n) is 6.89. The van der Waals surface area contributed by atoms with Gasteiger partial charge in [-0.1, -0.05) is 6.92 Å². The van der Waals surface area contributed by atoms with Crippen LogP contribution < -0.4 is 5.32 Å². The lowest BCUT2D eigenvalue weighted by molar-refractivity contribution is -0.147. The summed E-state index contributed by atoms with van der Waals surface area (Å²) in [6.07, 6.45) is 3.32. The summed E-state index contributed by atoms with van der Waals surface area (Å²) in [4.78, 5) is 31.6. The van der Waals surface area contributed by atoms with Crippen LogP contribution >= 0.6 is 0 Å². The topological polar surface area (TPSA) is 65.5 Å². The third-order valence-electron chi connectivity index (χ3n) is 3.50. The molecule has 0 aliphatic carbocycles. The summed E-state index contributed by atoms with van der Waals surface area (Å²) in [5, 5.41) is 2.65. The Labute approximate surface area is 118 Å². The molecule has 0 unspecified atom stereocenters. The van der Waals surface area contributed by atoms with Gasteiger partial charge in [-0.2, -0.15) is 0 Å². The Morgan fingerprint density at radius 2 is 1.85 bits per heavy atom. The molecule has 0 spiro atoms. The van der Waals surface area contributed by atoms with Crippen molar-refractivity contribution in [3.05, 3.63) is 30.1 Å². The predicted octanol–water partition coefficient (Wildman–Crippen LogP) is -0.138. The lowest BCUT2D eigenvalue weighted by Gasteiger charge is -2.33. The molecule has 2 amide bonds. The maximum Gasteiger partial charge on any atom is 0.311 e. The molecule has 2 heterocycles. The maximum atomic E-state index is 12.0. The summed E-state index contributed by atoms with van der Waals surface area (Å²) in [5.74, 6) is -0.971. The molecule has 1 N–H and O–H groups in total. The Balaban J connectivity index is 1.79. The Kier molecular flexibility index (Phi) is 5.06. The van der Waals surface area contributed by atoms with Gasteiger partial charge in [0.15, 0.2) is 0 Å². The lowest BCUT2D eigenvalue weighted by atomic mass is 10.2. The first-order chi connectivity index (χ1) is 9.70. The van der Waals surface area contributed by atoms with E-state index in [2.05, 4.69) is 22.1 Å². The normalized spacial score (nSPS) is 15.9. The molecule has 1 aromatic heterocycles. The molecule has 0 radical (unpaired) electrons. The van der Waals surface area contributed by atoms with Crippen LogP contribution in [0, 0.1) is 0 Å². The monoisotopic (exact) mass is 276 g/mol. The van der Waals surface area contributed by atoms with E-state index in [1.807, 2.05) is 12.1 Å². The smallest absolute Gasteiger partial charge is 0.311 e. The van der Waals surface area contributed by atoms with Crippen molar-refractivity contribution in [2.24, 2.45) is 0 Å². The average Bonchev–Trinajstić information content (AvgIpc) is 2.53. The highest BCUT2D eigenvalue weighted by Crippen LogP contribution is 2.02. The summed E-state index contributed by atoms with van der Waals surface area (Å²) in [5.41, 5.74) is 0.928. The molecule has 1 fully saturated rings. The van der Waals surface area contributed by atoms with Gasteiger partial charge in [-0.25, -0.2) is 0 Å². The van der Waals surface area contributed by atoms with Gasteiger partial charge in [0.05, 0.1) is 0 Å². The molecule has 6 nitrogen and oxygen atoms in total. The lowest BCUT2D eigenvalue weighted by Crippen LogP contribution is -2.52. The minimum Gasteiger partial charge on any atom is -0.344 e. The molecule has 108 valence electrons. The van der Waals surface area contributed by atoms with E-state index in [-0.39, 0.29) is 0 Å². The summed E-state index contributed by atoms with van der Waals surface area (Å²) in [6.45, 7) is 6.33. The molecule has 2 rings (SSSR count). The number of piperazine rings is 1. The van der Waals surface area contributed by atoms with Crippen LogP contribution in [0.25, 0.3) is 0 Å². The van der Waals surface area contributed by atoms with Gasteiger partial charge in [-0.3, -0.25) is 14.6 Å². The number of rotatable bonds is 3. The molecular weight excluding hydrogens is 256 g/mol. The first-order valence-corrected chi connectivity index (χ1v) is 6.89. The summed E-state index contributed by atoms with van der Waals surface area (Å²) >= 11 is 0. The molecule has 1 aliphatic heterocycles. The zero-order chi connectivity index (χ0) is 14.4. The standard InChI is InChI=1S/C14H20N4O2/c1-2-17-7-9-18(10-8-17)14(20)13(19)16-11-12-3-5-15-6-4-12/h3-6H,2,7-11H2,1H3,(H,16,19). The highest BCUT2D eigenvalue weighted by atomic mass is 16.2. The van der Waals surface area contributed by atoms with Crippen molar-refractivity contribution in [2.75, 3.05) is 32.7 Å². The Bertz CT molecular complexity index is 456. The van der Waals surface area contributed by atoms with Gasteiger partial charge >= 0.3 is 11.8 Å². The fourth-order valence-electron chi connectivity index (χ4n) is 2.17. The zero-order valence-electron chi connectivity index (χ0n) is 11.7. The van der Waals surface area contributed by atoms with E-state index in [0.29, 0.717) is 19.6 Å². The Hall–Kier alpha value is -1.95. The third-order valence-corrected chi connectivity index (χ3v) is 3.50. The molecule has 1 aliphatic rings. The predicted molar refractivity (Wildman–Crippen MR) is 74.8 cm³/mol. The molecule has 1 aromatic rings. The van der Waals surface area contributed by atoms with Crippen LogP contribution in [0.1, 0.15) is 12.5 Å². The number of carbonyl (C=O) groups excluding carboxylic acids is 2. The van der Waals surface area contributed by atoms with Crippen LogP contribution in [0.15, 0.2) is 24.5 Å². The van der Waals surface area contributed by atoms with Crippen LogP contribution in [0.3, 0.4) is 0 Å². The van der Waals surface area contributed by atoms with Gasteiger partial charge in [0.1, 0.15) is 0 Å². The summed E-state index contributed by atoms with van der Waals surface area (Å²) in [7, 11) is 0. The number of hydrogen-bond donors (Lipinski definition) is 1. The highest BCUT2D eigenvalue weighted by molar-refractivity contribution is 6.34. The van der Waals surface area contributed by atoms with E-state index in [4.69, 9.17) is 0 Å². The fourth-order valence-corrected chi connectivity index (χ4v) is 2.17. The molecule has 0 saturated carbocycles. The summed E-state index contributed by atoms with van der Waals surface area (Å²) in [6, 6.07) is 3.62. The van der Waals surface area contributed by atoms with Crippen molar-refractivity contribution in [1.29, 1.82) is 0 Å². The number of aromatic nitrogens is 1. The van der Waals surface area contributed by atoms with E-state index in [1.165, 1.54) is 0 Å². The second-order valence-corrected chi connectivity index (χ2v) is 4.76. The van der Waals surface area contributed by atoms with E-state index in [0.717, 1.165) is 25.2 Å². The zero-order valence-corrected chi connectivity index (χ0v) is 11.7. The van der Waals surface area contributed by atoms with E-state index in [9.17, 15) is 9.59 Å². The number of hydrogen-bond acceptors (Lipinski definition) is 4. The number of nitrogens with one attached hydrogen (secondary N) is 1. The van der Waals surface area contributed by atoms with Gasteiger partial charge in [-0.05, 0) is 24.2 Å². The molecule has 6 heteroatoms. The van der Waals surface area contributed by atoms with Crippen LogP contribution in [0.4, 0.5) is 0 Å². The maximum absolute atomic E-state index is 12.0. The minimum absolute atomic E-state index is 0.349. The van der Waals surface area contributed by atoms with Gasteiger partial charge < -0.3 is 15.1 Å². The molecular formula is C14H20N4O2. The van der Waals surface area contributed by atoms with Crippen molar-refractivity contribution in [1.82, 2.24) is 20.1 Å². The van der Waals surface area contributed by atoms with Crippen molar-refractivity contribution in [3.8, 4) is 0 Å². The summed E-state index contributed by atoms with van der Waals surface area (Å²) < 4.78 is 0. The van der Waals surface area contributed by atoms with Crippen LogP contribution in [-0.4, -0.2) is 59.3 Å². The third kappa shape index (κ3) is 3.77. The second-order valence-electron chi connectivity index (χ2n) is 4.76. The highest BCUT2D eigenvalue weighted by Gasteiger charge is 2.25. The Morgan fingerprint density at radius 1 is 1.20 bits per heavy atom. The molecule has 1 saturated heterocycles. The van der Waals surface area contributed by atoms with Crippen LogP contribution in [0.2, 0.25) is 0 Å².